The number of hydrogen-bond acceptors (Lipinski definition) is 2. The summed E-state index contributed by atoms with van der Waals surface area (Å²) in [6.07, 6.45) is 0. The Kier molecular flexibility index (Phi) is 6.60. The summed E-state index contributed by atoms with van der Waals surface area (Å²) >= 11 is -0.453. The monoisotopic (exact) mass is 482 g/mol. The van der Waals surface area contributed by atoms with E-state index in [2.05, 4.69) is 93.4 Å². The first-order valence-electron chi connectivity index (χ1n) is 9.64. The van der Waals surface area contributed by atoms with Crippen molar-refractivity contribution in [3.8, 4) is 0 Å². The van der Waals surface area contributed by atoms with Crippen LogP contribution in [-0.4, -0.2) is 49.1 Å². The molecule has 0 unspecified atom stereocenters. The van der Waals surface area contributed by atoms with Crippen molar-refractivity contribution in [1.82, 2.24) is 0 Å². The molecule has 0 saturated heterocycles. The maximum absolute atomic E-state index is 2.33. The molecule has 0 heterocycles. The van der Waals surface area contributed by atoms with Crippen molar-refractivity contribution >= 4 is 39.5 Å². The summed E-state index contributed by atoms with van der Waals surface area (Å²) in [7, 11) is 8.63. The third-order valence-corrected chi connectivity index (χ3v) is 10.8. The number of anilines is 2. The van der Waals surface area contributed by atoms with Crippen LogP contribution >= 0.6 is 0 Å². The van der Waals surface area contributed by atoms with Crippen LogP contribution in [-0.2, 0) is 0 Å². The third-order valence-electron chi connectivity index (χ3n) is 6.13. The van der Waals surface area contributed by atoms with Gasteiger partial charge in [0, 0.05) is 0 Å². The van der Waals surface area contributed by atoms with Crippen molar-refractivity contribution in [1.29, 1.82) is 0 Å². The van der Waals surface area contributed by atoms with E-state index in [9.17, 15) is 0 Å². The second-order valence-electron chi connectivity index (χ2n) is 8.25. The average molecular weight is 480 g/mol. The molecule has 0 spiro atoms. The van der Waals surface area contributed by atoms with Gasteiger partial charge in [-0.2, -0.15) is 0 Å². The summed E-state index contributed by atoms with van der Waals surface area (Å²) in [6.45, 7) is 18.5. The van der Waals surface area contributed by atoms with Gasteiger partial charge in [-0.1, -0.05) is 0 Å². The molecule has 0 fully saturated rings. The summed E-state index contributed by atoms with van der Waals surface area (Å²) in [5, 5.41) is 0. The van der Waals surface area contributed by atoms with Crippen LogP contribution in [0.1, 0.15) is 44.5 Å². The molecule has 0 aromatic heterocycles. The summed E-state index contributed by atoms with van der Waals surface area (Å²) < 4.78 is 3.26. The van der Waals surface area contributed by atoms with E-state index in [-0.39, 0.29) is 0 Å². The Balaban J connectivity index is 2.73. The minimum absolute atomic E-state index is 0.453. The molecule has 0 N–H and O–H groups in total. The van der Waals surface area contributed by atoms with E-state index in [1.807, 2.05) is 0 Å². The van der Waals surface area contributed by atoms with Crippen molar-refractivity contribution in [3.63, 3.8) is 0 Å². The van der Waals surface area contributed by atoms with Gasteiger partial charge in [-0.3, -0.25) is 0 Å². The normalized spacial score (nSPS) is 11.1. The fourth-order valence-electron chi connectivity index (χ4n) is 4.27. The number of benzene rings is 2. The molecule has 0 aliphatic carbocycles. The van der Waals surface area contributed by atoms with E-state index in [0.717, 1.165) is 0 Å². The van der Waals surface area contributed by atoms with E-state index in [0.29, 0.717) is 0 Å². The Bertz CT molecular complexity index is 761. The fourth-order valence-corrected chi connectivity index (χ4v) is 8.34. The molecule has 0 saturated carbocycles. The molecule has 3 heteroatoms. The summed E-state index contributed by atoms with van der Waals surface area (Å²) in [5.41, 5.74) is 14.5. The average Bonchev–Trinajstić information content (AvgIpc) is 2.57. The van der Waals surface area contributed by atoms with Crippen LogP contribution in [0.15, 0.2) is 0 Å². The zero-order valence-corrected chi connectivity index (χ0v) is 21.6. The zero-order chi connectivity index (χ0) is 20.8. The van der Waals surface area contributed by atoms with Crippen LogP contribution in [0.2, 0.25) is 0 Å². The third kappa shape index (κ3) is 3.74. The first-order chi connectivity index (χ1) is 12.4. The molecular formula is C24H36N2Te. The SMILES string of the molecule is Cc1c(C)c(N(C)C)c(C)c(C)c1[Te]c1c(C)c(C)c(N(C)C)c(C)c1C. The van der Waals surface area contributed by atoms with Gasteiger partial charge < -0.3 is 0 Å². The molecule has 0 radical (unpaired) electrons. The van der Waals surface area contributed by atoms with Crippen LogP contribution in [0.3, 0.4) is 0 Å². The predicted octanol–water partition coefficient (Wildman–Crippen LogP) is 3.94. The van der Waals surface area contributed by atoms with Gasteiger partial charge in [-0.25, -0.2) is 0 Å². The maximum atomic E-state index is 2.33. The molecule has 148 valence electrons. The van der Waals surface area contributed by atoms with Crippen molar-refractivity contribution in [2.45, 2.75) is 55.4 Å². The summed E-state index contributed by atoms with van der Waals surface area (Å²) in [4.78, 5) is 4.54. The molecule has 2 nitrogen and oxygen atoms in total. The van der Waals surface area contributed by atoms with E-state index in [1.54, 1.807) is 7.22 Å². The number of rotatable bonds is 4. The molecule has 0 amide bonds. The van der Waals surface area contributed by atoms with Gasteiger partial charge in [0.1, 0.15) is 0 Å². The van der Waals surface area contributed by atoms with Gasteiger partial charge in [0.25, 0.3) is 0 Å². The van der Waals surface area contributed by atoms with Gasteiger partial charge in [-0.15, -0.1) is 0 Å². The summed E-state index contributed by atoms with van der Waals surface area (Å²) in [6, 6.07) is 0. The number of hydrogen-bond donors (Lipinski definition) is 0. The fraction of sp³-hybridized carbons (Fsp3) is 0.500. The molecule has 0 atom stereocenters. The second kappa shape index (κ2) is 8.06. The Morgan fingerprint density at radius 2 is 0.630 bits per heavy atom. The topological polar surface area (TPSA) is 6.48 Å². The van der Waals surface area contributed by atoms with Crippen LogP contribution in [0.25, 0.3) is 0 Å². The van der Waals surface area contributed by atoms with E-state index in [1.165, 1.54) is 55.9 Å². The van der Waals surface area contributed by atoms with Crippen LogP contribution in [0.5, 0.6) is 0 Å². The van der Waals surface area contributed by atoms with Crippen molar-refractivity contribution in [3.05, 3.63) is 44.5 Å². The molecule has 2 aromatic carbocycles. The van der Waals surface area contributed by atoms with Gasteiger partial charge >= 0.3 is 177 Å². The van der Waals surface area contributed by atoms with Crippen LogP contribution in [0, 0.1) is 55.4 Å². The molecule has 2 rings (SSSR count). The van der Waals surface area contributed by atoms with E-state index in [4.69, 9.17) is 0 Å². The number of nitrogens with zero attached hydrogens (tertiary/aromatic N) is 2. The van der Waals surface area contributed by atoms with Gasteiger partial charge in [0.2, 0.25) is 0 Å². The summed E-state index contributed by atoms with van der Waals surface area (Å²) in [5.74, 6) is 0. The Morgan fingerprint density at radius 3 is 0.815 bits per heavy atom. The predicted molar refractivity (Wildman–Crippen MR) is 124 cm³/mol. The van der Waals surface area contributed by atoms with E-state index >= 15 is 0 Å². The van der Waals surface area contributed by atoms with Crippen molar-refractivity contribution in [2.24, 2.45) is 0 Å². The first-order valence-corrected chi connectivity index (χ1v) is 12.0. The van der Waals surface area contributed by atoms with Gasteiger partial charge in [0.05, 0.1) is 0 Å². The molecule has 0 aliphatic rings. The molecular weight excluding hydrogens is 444 g/mol. The molecule has 0 aliphatic heterocycles. The second-order valence-corrected chi connectivity index (χ2v) is 11.2. The molecule has 27 heavy (non-hydrogen) atoms. The van der Waals surface area contributed by atoms with Gasteiger partial charge in [-0.05, 0) is 0 Å². The Hall–Kier alpha value is -1.17. The minimum atomic E-state index is -0.453. The first kappa shape index (κ1) is 22.1. The van der Waals surface area contributed by atoms with Crippen molar-refractivity contribution in [2.75, 3.05) is 38.0 Å². The van der Waals surface area contributed by atoms with E-state index < -0.39 is 20.9 Å². The molecule has 0 bridgehead atoms. The standard InChI is InChI=1S/C24H36N2Te/c1-13-17(5)23(18(6)14(2)21(13)25(9)10)27-24-19(7)15(3)22(26(11)12)16(4)20(24)8/h1-12H3. The Labute approximate surface area is 177 Å². The van der Waals surface area contributed by atoms with Gasteiger partial charge in [0.15, 0.2) is 0 Å². The molecule has 2 aromatic rings. The van der Waals surface area contributed by atoms with Crippen LogP contribution in [0.4, 0.5) is 11.4 Å². The zero-order valence-electron chi connectivity index (χ0n) is 19.3. The Morgan fingerprint density at radius 1 is 0.407 bits per heavy atom. The van der Waals surface area contributed by atoms with Crippen LogP contribution < -0.4 is 17.0 Å². The quantitative estimate of drug-likeness (QED) is 0.613. The van der Waals surface area contributed by atoms with Crippen molar-refractivity contribution < 1.29 is 0 Å².